The molecule has 4 aromatic rings. The summed E-state index contributed by atoms with van der Waals surface area (Å²) in [4.78, 5) is 73.6. The minimum atomic E-state index is -0.724. The topological polar surface area (TPSA) is 184 Å². The van der Waals surface area contributed by atoms with Crippen molar-refractivity contribution in [2.24, 2.45) is 23.7 Å². The molecular formula is C45H58N8O7. The van der Waals surface area contributed by atoms with Crippen LogP contribution in [0, 0.1) is 23.7 Å². The Balaban J connectivity index is 0.992. The lowest BCUT2D eigenvalue weighted by Crippen LogP contribution is -2.55. The molecule has 320 valence electrons. The number of fused-ring (bicyclic) bond motifs is 2. The summed E-state index contributed by atoms with van der Waals surface area (Å²) >= 11 is 0. The van der Waals surface area contributed by atoms with Gasteiger partial charge in [-0.25, -0.2) is 19.6 Å². The Hall–Kier alpha value is -5.44. The number of carbonyl (C=O) groups is 4. The predicted octanol–water partition coefficient (Wildman–Crippen LogP) is 6.89. The molecule has 8 rings (SSSR count). The van der Waals surface area contributed by atoms with Gasteiger partial charge in [0.1, 0.15) is 23.7 Å². The quantitative estimate of drug-likeness (QED) is 0.132. The van der Waals surface area contributed by atoms with Crippen molar-refractivity contribution >= 4 is 34.8 Å². The Bertz CT molecular complexity index is 2240. The van der Waals surface area contributed by atoms with E-state index in [0.717, 1.165) is 58.4 Å². The highest BCUT2D eigenvalue weighted by Gasteiger charge is 2.57. The third-order valence-corrected chi connectivity index (χ3v) is 13.4. The van der Waals surface area contributed by atoms with Crippen molar-refractivity contribution in [3.63, 3.8) is 0 Å². The lowest BCUT2D eigenvalue weighted by molar-refractivity contribution is -0.140. The van der Waals surface area contributed by atoms with Crippen LogP contribution in [0.25, 0.3) is 33.3 Å². The maximum Gasteiger partial charge on any atom is 0.407 e. The Morgan fingerprint density at radius 3 is 1.83 bits per heavy atom. The Morgan fingerprint density at radius 2 is 1.28 bits per heavy atom. The number of H-pyrrole nitrogens is 2. The number of carbonyl (C=O) groups excluding carboxylic acids is 4. The highest BCUT2D eigenvalue weighted by atomic mass is 16.5. The number of methoxy groups -OCH3 is 2. The number of piperidine rings is 1. The number of amides is 4. The molecule has 4 aliphatic rings. The van der Waals surface area contributed by atoms with Gasteiger partial charge in [-0.1, -0.05) is 45.0 Å². The van der Waals surface area contributed by atoms with E-state index in [9.17, 15) is 19.2 Å². The van der Waals surface area contributed by atoms with Gasteiger partial charge in [0, 0.05) is 23.2 Å². The molecule has 2 unspecified atom stereocenters. The van der Waals surface area contributed by atoms with Crippen LogP contribution in [-0.4, -0.2) is 104 Å². The molecule has 11 atom stereocenters. The SMILES string of the molecule is COC(=O)NC(C(=O)N1[C@@H]2C[C@@H]2C[C@H]1c1ncc(-c2ccc3cc(-c4cnc([C@@H]5C[C@@H](C)C(C)N5C(=O)[C@@H](NC(=O)OC)C(C)C)[nH]4)ccc3c2)[nH]1)[C@H]1C[C@@H](C)O[C@@H](C)C1. The normalized spacial score (nSPS) is 28.3. The number of aromatic amines is 2. The van der Waals surface area contributed by atoms with Crippen LogP contribution in [0.5, 0.6) is 0 Å². The van der Waals surface area contributed by atoms with Crippen LogP contribution in [0.2, 0.25) is 0 Å². The average molecular weight is 823 g/mol. The number of hydrogen-bond acceptors (Lipinski definition) is 9. The maximum absolute atomic E-state index is 14.4. The van der Waals surface area contributed by atoms with Crippen molar-refractivity contribution in [2.75, 3.05) is 14.2 Å². The van der Waals surface area contributed by atoms with Crippen LogP contribution in [0.15, 0.2) is 48.8 Å². The molecule has 15 nitrogen and oxygen atoms in total. The molecule has 0 bridgehead atoms. The zero-order chi connectivity index (χ0) is 42.6. The third kappa shape index (κ3) is 7.95. The first-order valence-electron chi connectivity index (χ1n) is 21.4. The number of ether oxygens (including phenoxy) is 3. The molecule has 15 heteroatoms. The lowest BCUT2D eigenvalue weighted by Gasteiger charge is -2.38. The molecule has 2 aromatic carbocycles. The second-order valence-corrected chi connectivity index (χ2v) is 17.9. The molecule has 0 spiro atoms. The number of imidazole rings is 2. The summed E-state index contributed by atoms with van der Waals surface area (Å²) in [6.45, 7) is 12.0. The highest BCUT2D eigenvalue weighted by Crippen LogP contribution is 2.54. The molecular weight excluding hydrogens is 765 g/mol. The van der Waals surface area contributed by atoms with E-state index in [1.54, 1.807) is 0 Å². The van der Waals surface area contributed by atoms with E-state index in [4.69, 9.17) is 24.2 Å². The predicted molar refractivity (Wildman–Crippen MR) is 224 cm³/mol. The number of nitrogens with one attached hydrogen (secondary N) is 4. The van der Waals surface area contributed by atoms with E-state index in [2.05, 4.69) is 63.9 Å². The summed E-state index contributed by atoms with van der Waals surface area (Å²) < 4.78 is 15.7. The van der Waals surface area contributed by atoms with Gasteiger partial charge >= 0.3 is 12.2 Å². The first-order valence-corrected chi connectivity index (χ1v) is 21.4. The lowest BCUT2D eigenvalue weighted by atomic mass is 9.85. The van der Waals surface area contributed by atoms with Crippen LogP contribution in [0.4, 0.5) is 9.59 Å². The van der Waals surface area contributed by atoms with Gasteiger partial charge < -0.3 is 44.6 Å². The molecule has 4 fully saturated rings. The maximum atomic E-state index is 14.4. The van der Waals surface area contributed by atoms with Crippen LogP contribution >= 0.6 is 0 Å². The third-order valence-electron chi connectivity index (χ3n) is 13.4. The Morgan fingerprint density at radius 1 is 0.733 bits per heavy atom. The van der Waals surface area contributed by atoms with E-state index in [1.165, 1.54) is 14.2 Å². The van der Waals surface area contributed by atoms with E-state index in [-0.39, 0.29) is 65.9 Å². The molecule has 5 heterocycles. The van der Waals surface area contributed by atoms with Gasteiger partial charge in [0.05, 0.1) is 62.3 Å². The molecule has 2 aromatic heterocycles. The smallest absolute Gasteiger partial charge is 0.407 e. The van der Waals surface area contributed by atoms with Crippen molar-refractivity contribution in [3.8, 4) is 22.5 Å². The Kier molecular flexibility index (Phi) is 11.4. The van der Waals surface area contributed by atoms with Gasteiger partial charge in [0.15, 0.2) is 0 Å². The van der Waals surface area contributed by atoms with Gasteiger partial charge in [-0.3, -0.25) is 9.59 Å². The number of rotatable bonds is 10. The van der Waals surface area contributed by atoms with Gasteiger partial charge in [-0.05, 0) is 99.5 Å². The van der Waals surface area contributed by atoms with Crippen molar-refractivity contribution in [1.29, 1.82) is 0 Å². The minimum absolute atomic E-state index is 0.0152. The fourth-order valence-electron chi connectivity index (χ4n) is 10.0. The number of aromatic nitrogens is 4. The van der Waals surface area contributed by atoms with Crippen molar-refractivity contribution in [2.45, 2.75) is 122 Å². The van der Waals surface area contributed by atoms with Crippen LogP contribution < -0.4 is 10.6 Å². The molecule has 4 N–H and O–H groups in total. The van der Waals surface area contributed by atoms with Crippen molar-refractivity contribution in [3.05, 3.63) is 60.4 Å². The Labute approximate surface area is 350 Å². The summed E-state index contributed by atoms with van der Waals surface area (Å²) in [6, 6.07) is 10.7. The second kappa shape index (κ2) is 16.5. The van der Waals surface area contributed by atoms with Crippen molar-refractivity contribution in [1.82, 2.24) is 40.4 Å². The van der Waals surface area contributed by atoms with E-state index < -0.39 is 24.3 Å². The molecule has 0 radical (unpaired) electrons. The summed E-state index contributed by atoms with van der Waals surface area (Å²) in [5, 5.41) is 7.73. The van der Waals surface area contributed by atoms with Crippen LogP contribution in [-0.2, 0) is 23.8 Å². The van der Waals surface area contributed by atoms with Crippen LogP contribution in [0.3, 0.4) is 0 Å². The average Bonchev–Trinajstić information content (AvgIpc) is 3.66. The zero-order valence-corrected chi connectivity index (χ0v) is 35.7. The molecule has 1 saturated carbocycles. The summed E-state index contributed by atoms with van der Waals surface area (Å²) in [7, 11) is 2.62. The standard InChI is InChI=1S/C45H58N8O7/c1-22(2)38(50-44(56)58-7)42(54)52-26(6)23(3)13-36(52)40-46-20-33(48-40)29-11-9-28-17-30(12-10-27(28)16-29)34-21-47-41(49-34)37-19-31-18-35(31)53(37)43(55)39(51-45(57)59-8)32-14-24(4)60-25(5)15-32/h9-12,16-17,20-26,31-32,35-39H,13-15,18-19H2,1-8H3,(H,46,48)(H,47,49)(H,50,56)(H,51,57)/t23-,24-,25+,26?,31-,32+,35-,36+,37+,38+,39?/m1/s1. The summed E-state index contributed by atoms with van der Waals surface area (Å²) in [5.74, 6) is 1.67. The first-order chi connectivity index (χ1) is 28.7. The summed E-state index contributed by atoms with van der Waals surface area (Å²) in [5.41, 5.74) is 3.65. The molecule has 3 aliphatic heterocycles. The zero-order valence-electron chi connectivity index (χ0n) is 35.7. The second-order valence-electron chi connectivity index (χ2n) is 17.9. The van der Waals surface area contributed by atoms with E-state index in [0.29, 0.717) is 24.6 Å². The number of likely N-dealkylation sites (tertiary alicyclic amines) is 2. The molecule has 60 heavy (non-hydrogen) atoms. The monoisotopic (exact) mass is 822 g/mol. The van der Waals surface area contributed by atoms with Gasteiger partial charge in [-0.15, -0.1) is 0 Å². The van der Waals surface area contributed by atoms with Crippen molar-refractivity contribution < 1.29 is 33.4 Å². The fraction of sp³-hybridized carbons (Fsp3) is 0.556. The highest BCUT2D eigenvalue weighted by molar-refractivity contribution is 5.91. The number of alkyl carbamates (subject to hydrolysis) is 2. The van der Waals surface area contributed by atoms with Gasteiger partial charge in [0.25, 0.3) is 0 Å². The number of nitrogens with zero attached hydrogens (tertiary/aromatic N) is 4. The minimum Gasteiger partial charge on any atom is -0.453 e. The van der Waals surface area contributed by atoms with E-state index >= 15 is 0 Å². The largest absolute Gasteiger partial charge is 0.453 e. The summed E-state index contributed by atoms with van der Waals surface area (Å²) in [6.07, 6.45) is 6.26. The van der Waals surface area contributed by atoms with Crippen LogP contribution in [0.1, 0.15) is 97.4 Å². The molecule has 4 amide bonds. The van der Waals surface area contributed by atoms with E-state index in [1.807, 2.05) is 56.8 Å². The first kappa shape index (κ1) is 41.3. The molecule has 1 aliphatic carbocycles. The van der Waals surface area contributed by atoms with Gasteiger partial charge in [-0.2, -0.15) is 0 Å². The fourth-order valence-corrected chi connectivity index (χ4v) is 10.0. The number of hydrogen-bond donors (Lipinski definition) is 4. The number of benzene rings is 2. The van der Waals surface area contributed by atoms with Gasteiger partial charge in [0.2, 0.25) is 11.8 Å². The molecule has 3 saturated heterocycles.